The Morgan fingerprint density at radius 1 is 1.28 bits per heavy atom. The predicted molar refractivity (Wildman–Crippen MR) is 73.2 cm³/mol. The molecule has 3 heteroatoms. The normalized spacial score (nSPS) is 18.6. The molecule has 1 aliphatic heterocycles. The first-order valence-corrected chi connectivity index (χ1v) is 6.71. The number of benzene rings is 1. The van der Waals surface area contributed by atoms with Crippen molar-refractivity contribution in [2.75, 3.05) is 33.9 Å². The van der Waals surface area contributed by atoms with Gasteiger partial charge in [-0.05, 0) is 49.4 Å². The van der Waals surface area contributed by atoms with Gasteiger partial charge >= 0.3 is 0 Å². The summed E-state index contributed by atoms with van der Waals surface area (Å²) < 4.78 is 10.7. The van der Waals surface area contributed by atoms with Crippen molar-refractivity contribution in [1.29, 1.82) is 0 Å². The minimum absolute atomic E-state index is 0.574. The van der Waals surface area contributed by atoms with Gasteiger partial charge in [0, 0.05) is 19.8 Å². The van der Waals surface area contributed by atoms with Crippen LogP contribution >= 0.6 is 0 Å². The Morgan fingerprint density at radius 2 is 1.94 bits per heavy atom. The first-order chi connectivity index (χ1) is 8.85. The average Bonchev–Trinajstić information content (AvgIpc) is 2.46. The predicted octanol–water partition coefficient (Wildman–Crippen LogP) is 2.42. The quantitative estimate of drug-likeness (QED) is 0.869. The van der Waals surface area contributed by atoms with Gasteiger partial charge in [0.2, 0.25) is 0 Å². The molecule has 100 valence electrons. The lowest BCUT2D eigenvalue weighted by Crippen LogP contribution is -2.28. The van der Waals surface area contributed by atoms with Gasteiger partial charge in [-0.1, -0.05) is 12.1 Å². The third-order valence-electron chi connectivity index (χ3n) is 3.80. The zero-order chi connectivity index (χ0) is 12.8. The fraction of sp³-hybridized carbons (Fsp3) is 0.600. The Bertz CT molecular complexity index is 344. The van der Waals surface area contributed by atoms with E-state index in [-0.39, 0.29) is 0 Å². The molecule has 2 rings (SSSR count). The molecule has 0 spiro atoms. The second kappa shape index (κ2) is 6.76. The summed E-state index contributed by atoms with van der Waals surface area (Å²) >= 11 is 0. The van der Waals surface area contributed by atoms with E-state index in [1.165, 1.54) is 18.4 Å². The molecule has 0 saturated carbocycles. The molecule has 0 bridgehead atoms. The van der Waals surface area contributed by atoms with Crippen molar-refractivity contribution in [1.82, 2.24) is 5.32 Å². The molecule has 0 aliphatic carbocycles. The zero-order valence-electron chi connectivity index (χ0n) is 11.3. The lowest BCUT2D eigenvalue weighted by molar-refractivity contribution is 0.0579. The van der Waals surface area contributed by atoms with Gasteiger partial charge in [0.25, 0.3) is 0 Å². The molecule has 1 heterocycles. The monoisotopic (exact) mass is 249 g/mol. The highest BCUT2D eigenvalue weighted by Crippen LogP contribution is 2.32. The van der Waals surface area contributed by atoms with E-state index in [9.17, 15) is 0 Å². The number of methoxy groups -OCH3 is 1. The average molecular weight is 249 g/mol. The molecule has 1 unspecified atom stereocenters. The fourth-order valence-corrected chi connectivity index (χ4v) is 2.75. The molecule has 1 aromatic carbocycles. The van der Waals surface area contributed by atoms with Gasteiger partial charge in [0.1, 0.15) is 5.75 Å². The lowest BCUT2D eigenvalue weighted by atomic mass is 9.81. The molecular weight excluding hydrogens is 226 g/mol. The topological polar surface area (TPSA) is 30.5 Å². The molecule has 1 N–H and O–H groups in total. The Labute approximate surface area is 109 Å². The van der Waals surface area contributed by atoms with E-state index in [0.29, 0.717) is 5.92 Å². The molecule has 1 fully saturated rings. The summed E-state index contributed by atoms with van der Waals surface area (Å²) in [5.74, 6) is 2.22. The smallest absolute Gasteiger partial charge is 0.118 e. The van der Waals surface area contributed by atoms with Crippen LogP contribution in [0.4, 0.5) is 0 Å². The van der Waals surface area contributed by atoms with Crippen LogP contribution in [-0.2, 0) is 4.74 Å². The van der Waals surface area contributed by atoms with Crippen LogP contribution in [0.5, 0.6) is 5.75 Å². The summed E-state index contributed by atoms with van der Waals surface area (Å²) in [4.78, 5) is 0. The van der Waals surface area contributed by atoms with Crippen molar-refractivity contribution in [3.8, 4) is 5.75 Å². The highest BCUT2D eigenvalue weighted by molar-refractivity contribution is 5.30. The van der Waals surface area contributed by atoms with Crippen molar-refractivity contribution in [3.05, 3.63) is 29.8 Å². The van der Waals surface area contributed by atoms with Crippen LogP contribution < -0.4 is 10.1 Å². The zero-order valence-corrected chi connectivity index (χ0v) is 11.3. The number of hydrogen-bond donors (Lipinski definition) is 1. The third kappa shape index (κ3) is 3.24. The number of nitrogens with one attached hydrogen (secondary N) is 1. The van der Waals surface area contributed by atoms with Gasteiger partial charge in [-0.15, -0.1) is 0 Å². The second-order valence-corrected chi connectivity index (χ2v) is 4.89. The van der Waals surface area contributed by atoms with E-state index in [1.54, 1.807) is 7.11 Å². The Kier molecular flexibility index (Phi) is 5.02. The fourth-order valence-electron chi connectivity index (χ4n) is 2.75. The molecule has 0 aromatic heterocycles. The largest absolute Gasteiger partial charge is 0.497 e. The van der Waals surface area contributed by atoms with Gasteiger partial charge in [-0.2, -0.15) is 0 Å². The van der Waals surface area contributed by atoms with E-state index in [1.807, 2.05) is 7.05 Å². The molecule has 18 heavy (non-hydrogen) atoms. The number of likely N-dealkylation sites (N-methyl/N-ethyl adjacent to an activating group) is 1. The van der Waals surface area contributed by atoms with Crippen molar-refractivity contribution >= 4 is 0 Å². The molecule has 0 radical (unpaired) electrons. The molecule has 1 aliphatic rings. The van der Waals surface area contributed by atoms with E-state index >= 15 is 0 Å². The molecule has 1 saturated heterocycles. The van der Waals surface area contributed by atoms with Crippen LogP contribution in [0.2, 0.25) is 0 Å². The number of hydrogen-bond acceptors (Lipinski definition) is 3. The summed E-state index contributed by atoms with van der Waals surface area (Å²) in [6.45, 7) is 2.83. The summed E-state index contributed by atoms with van der Waals surface area (Å²) in [7, 11) is 3.73. The summed E-state index contributed by atoms with van der Waals surface area (Å²) in [5, 5.41) is 3.32. The third-order valence-corrected chi connectivity index (χ3v) is 3.80. The first-order valence-electron chi connectivity index (χ1n) is 6.71. The van der Waals surface area contributed by atoms with E-state index < -0.39 is 0 Å². The number of rotatable bonds is 5. The first kappa shape index (κ1) is 13.4. The van der Waals surface area contributed by atoms with E-state index in [2.05, 4.69) is 29.6 Å². The SMILES string of the molecule is CNCC(c1ccc(OC)cc1)C1CCOCC1. The van der Waals surface area contributed by atoms with Crippen LogP contribution in [0.25, 0.3) is 0 Å². The van der Waals surface area contributed by atoms with E-state index in [4.69, 9.17) is 9.47 Å². The molecular formula is C15H23NO2. The minimum Gasteiger partial charge on any atom is -0.497 e. The highest BCUT2D eigenvalue weighted by Gasteiger charge is 2.24. The van der Waals surface area contributed by atoms with Gasteiger partial charge in [0.15, 0.2) is 0 Å². The van der Waals surface area contributed by atoms with Crippen LogP contribution in [0.15, 0.2) is 24.3 Å². The summed E-state index contributed by atoms with van der Waals surface area (Å²) in [6, 6.07) is 8.49. The van der Waals surface area contributed by atoms with Crippen molar-refractivity contribution in [2.45, 2.75) is 18.8 Å². The maximum Gasteiger partial charge on any atom is 0.118 e. The van der Waals surface area contributed by atoms with Gasteiger partial charge in [0.05, 0.1) is 7.11 Å². The molecule has 3 nitrogen and oxygen atoms in total. The number of ether oxygens (including phenoxy) is 2. The summed E-state index contributed by atoms with van der Waals surface area (Å²) in [6.07, 6.45) is 2.33. The highest BCUT2D eigenvalue weighted by atomic mass is 16.5. The Morgan fingerprint density at radius 3 is 2.50 bits per heavy atom. The maximum absolute atomic E-state index is 5.46. The Hall–Kier alpha value is -1.06. The minimum atomic E-state index is 0.574. The molecule has 1 atom stereocenters. The van der Waals surface area contributed by atoms with Gasteiger partial charge in [-0.25, -0.2) is 0 Å². The lowest BCUT2D eigenvalue weighted by Gasteiger charge is -2.30. The standard InChI is InChI=1S/C15H23NO2/c1-16-11-15(13-7-9-18-10-8-13)12-3-5-14(17-2)6-4-12/h3-6,13,15-16H,7-11H2,1-2H3. The van der Waals surface area contributed by atoms with Crippen LogP contribution in [0.3, 0.4) is 0 Å². The van der Waals surface area contributed by atoms with Crippen molar-refractivity contribution in [2.24, 2.45) is 5.92 Å². The molecule has 1 aromatic rings. The Balaban J connectivity index is 2.11. The summed E-state index contributed by atoms with van der Waals surface area (Å²) in [5.41, 5.74) is 1.40. The van der Waals surface area contributed by atoms with Gasteiger partial charge in [-0.3, -0.25) is 0 Å². The van der Waals surface area contributed by atoms with Crippen LogP contribution in [0.1, 0.15) is 24.3 Å². The van der Waals surface area contributed by atoms with E-state index in [0.717, 1.165) is 31.4 Å². The van der Waals surface area contributed by atoms with Crippen molar-refractivity contribution in [3.63, 3.8) is 0 Å². The van der Waals surface area contributed by atoms with Crippen LogP contribution in [0, 0.1) is 5.92 Å². The van der Waals surface area contributed by atoms with Crippen LogP contribution in [-0.4, -0.2) is 33.9 Å². The van der Waals surface area contributed by atoms with Crippen molar-refractivity contribution < 1.29 is 9.47 Å². The second-order valence-electron chi connectivity index (χ2n) is 4.89. The van der Waals surface area contributed by atoms with Gasteiger partial charge < -0.3 is 14.8 Å². The maximum atomic E-state index is 5.46. The molecule has 0 amide bonds.